The standard InChI is InChI=1S/C13H18N2O/c1-4-13(3,5-2)9-6-7-10-11(8-9)15-12(16)14-10/h6-8H,4-5H2,1-3H3,(H2,14,15,16). The van der Waals surface area contributed by atoms with Crippen molar-refractivity contribution in [3.63, 3.8) is 0 Å². The van der Waals surface area contributed by atoms with Crippen molar-refractivity contribution < 1.29 is 0 Å². The van der Waals surface area contributed by atoms with Gasteiger partial charge in [0.1, 0.15) is 0 Å². The molecule has 0 saturated heterocycles. The maximum atomic E-state index is 11.2. The molecular formula is C13H18N2O. The Morgan fingerprint density at radius 1 is 1.12 bits per heavy atom. The molecule has 0 saturated carbocycles. The van der Waals surface area contributed by atoms with E-state index in [-0.39, 0.29) is 11.1 Å². The van der Waals surface area contributed by atoms with Crippen LogP contribution in [-0.4, -0.2) is 9.97 Å². The highest BCUT2D eigenvalue weighted by Crippen LogP contribution is 2.31. The number of aromatic nitrogens is 2. The van der Waals surface area contributed by atoms with Gasteiger partial charge in [0, 0.05) is 0 Å². The molecule has 0 bridgehead atoms. The SMILES string of the molecule is CCC(C)(CC)c1ccc2[nH]c(=O)[nH]c2c1. The summed E-state index contributed by atoms with van der Waals surface area (Å²) in [5, 5.41) is 0. The molecule has 1 heterocycles. The summed E-state index contributed by atoms with van der Waals surface area (Å²) in [6.45, 7) is 6.67. The molecule has 2 aromatic rings. The van der Waals surface area contributed by atoms with Crippen molar-refractivity contribution in [2.24, 2.45) is 0 Å². The number of hydrogen-bond acceptors (Lipinski definition) is 1. The lowest BCUT2D eigenvalue weighted by molar-refractivity contribution is 0.439. The average molecular weight is 218 g/mol. The van der Waals surface area contributed by atoms with E-state index in [0.29, 0.717) is 0 Å². The van der Waals surface area contributed by atoms with Crippen LogP contribution in [0, 0.1) is 0 Å². The highest BCUT2D eigenvalue weighted by Gasteiger charge is 2.22. The Morgan fingerprint density at radius 3 is 2.38 bits per heavy atom. The molecular weight excluding hydrogens is 200 g/mol. The maximum absolute atomic E-state index is 11.2. The number of aromatic amines is 2. The second-order valence-electron chi connectivity index (χ2n) is 4.61. The van der Waals surface area contributed by atoms with Crippen LogP contribution in [0.15, 0.2) is 23.0 Å². The molecule has 3 heteroatoms. The van der Waals surface area contributed by atoms with Crippen LogP contribution in [0.3, 0.4) is 0 Å². The number of hydrogen-bond donors (Lipinski definition) is 2. The lowest BCUT2D eigenvalue weighted by Crippen LogP contribution is -2.19. The molecule has 0 aliphatic rings. The summed E-state index contributed by atoms with van der Waals surface area (Å²) in [6.07, 6.45) is 2.20. The molecule has 3 nitrogen and oxygen atoms in total. The second kappa shape index (κ2) is 3.81. The molecule has 16 heavy (non-hydrogen) atoms. The van der Waals surface area contributed by atoms with E-state index in [2.05, 4.69) is 42.9 Å². The average Bonchev–Trinajstić information content (AvgIpc) is 2.67. The Hall–Kier alpha value is -1.51. The summed E-state index contributed by atoms with van der Waals surface area (Å²) in [5.74, 6) is 0. The number of rotatable bonds is 3. The number of imidazole rings is 1. The molecule has 1 aromatic heterocycles. The molecule has 0 radical (unpaired) electrons. The first-order valence-electron chi connectivity index (χ1n) is 5.81. The first-order chi connectivity index (χ1) is 7.59. The molecule has 2 rings (SSSR count). The van der Waals surface area contributed by atoms with Gasteiger partial charge in [0.05, 0.1) is 11.0 Å². The number of fused-ring (bicyclic) bond motifs is 1. The number of nitrogens with one attached hydrogen (secondary N) is 2. The lowest BCUT2D eigenvalue weighted by atomic mass is 9.78. The van der Waals surface area contributed by atoms with Gasteiger partial charge >= 0.3 is 5.69 Å². The molecule has 0 fully saturated rings. The van der Waals surface area contributed by atoms with Crippen molar-refractivity contribution in [3.05, 3.63) is 34.2 Å². The van der Waals surface area contributed by atoms with Crippen molar-refractivity contribution in [2.45, 2.75) is 39.0 Å². The zero-order valence-corrected chi connectivity index (χ0v) is 10.1. The lowest BCUT2D eigenvalue weighted by Gasteiger charge is -2.27. The van der Waals surface area contributed by atoms with Crippen molar-refractivity contribution >= 4 is 11.0 Å². The van der Waals surface area contributed by atoms with Gasteiger partial charge in [-0.05, 0) is 36.0 Å². The van der Waals surface area contributed by atoms with Crippen LogP contribution in [0.5, 0.6) is 0 Å². The first-order valence-corrected chi connectivity index (χ1v) is 5.81. The quantitative estimate of drug-likeness (QED) is 0.817. The normalized spacial score (nSPS) is 12.2. The second-order valence-corrected chi connectivity index (χ2v) is 4.61. The molecule has 1 aromatic carbocycles. The minimum atomic E-state index is -0.137. The third kappa shape index (κ3) is 1.66. The van der Waals surface area contributed by atoms with Gasteiger partial charge in [0.2, 0.25) is 0 Å². The van der Waals surface area contributed by atoms with Crippen molar-refractivity contribution in [1.29, 1.82) is 0 Å². The fraction of sp³-hybridized carbons (Fsp3) is 0.462. The van der Waals surface area contributed by atoms with E-state index in [9.17, 15) is 4.79 Å². The van der Waals surface area contributed by atoms with Gasteiger partial charge in [-0.2, -0.15) is 0 Å². The van der Waals surface area contributed by atoms with Crippen LogP contribution in [0.25, 0.3) is 11.0 Å². The van der Waals surface area contributed by atoms with Gasteiger partial charge in [-0.15, -0.1) is 0 Å². The van der Waals surface area contributed by atoms with Crippen LogP contribution in [0.4, 0.5) is 0 Å². The number of H-pyrrole nitrogens is 2. The maximum Gasteiger partial charge on any atom is 0.323 e. The number of benzene rings is 1. The van der Waals surface area contributed by atoms with E-state index in [0.717, 1.165) is 23.9 Å². The van der Waals surface area contributed by atoms with Crippen LogP contribution >= 0.6 is 0 Å². The molecule has 0 atom stereocenters. The smallest absolute Gasteiger partial charge is 0.306 e. The Kier molecular flexibility index (Phi) is 2.62. The zero-order valence-electron chi connectivity index (χ0n) is 10.1. The summed E-state index contributed by atoms with van der Waals surface area (Å²) < 4.78 is 0. The topological polar surface area (TPSA) is 48.6 Å². The van der Waals surface area contributed by atoms with E-state index in [1.807, 2.05) is 6.07 Å². The van der Waals surface area contributed by atoms with E-state index in [1.165, 1.54) is 5.56 Å². The summed E-state index contributed by atoms with van der Waals surface area (Å²) in [4.78, 5) is 16.7. The predicted octanol–water partition coefficient (Wildman–Crippen LogP) is 2.93. The fourth-order valence-electron chi connectivity index (χ4n) is 2.07. The third-order valence-electron chi connectivity index (χ3n) is 3.77. The minimum Gasteiger partial charge on any atom is -0.306 e. The van der Waals surface area contributed by atoms with E-state index >= 15 is 0 Å². The third-order valence-corrected chi connectivity index (χ3v) is 3.77. The van der Waals surface area contributed by atoms with Gasteiger partial charge in [0.25, 0.3) is 0 Å². The summed E-state index contributed by atoms with van der Waals surface area (Å²) in [7, 11) is 0. The van der Waals surface area contributed by atoms with E-state index < -0.39 is 0 Å². The molecule has 0 spiro atoms. The summed E-state index contributed by atoms with van der Waals surface area (Å²) >= 11 is 0. The van der Waals surface area contributed by atoms with Crippen LogP contribution in [0.2, 0.25) is 0 Å². The summed E-state index contributed by atoms with van der Waals surface area (Å²) in [6, 6.07) is 6.17. The Bertz CT molecular complexity index is 546. The van der Waals surface area contributed by atoms with Gasteiger partial charge in [-0.3, -0.25) is 0 Å². The molecule has 0 unspecified atom stereocenters. The largest absolute Gasteiger partial charge is 0.323 e. The summed E-state index contributed by atoms with van der Waals surface area (Å²) in [5.41, 5.74) is 3.13. The molecule has 0 aliphatic heterocycles. The predicted molar refractivity (Wildman–Crippen MR) is 66.9 cm³/mol. The Balaban J connectivity index is 2.57. The van der Waals surface area contributed by atoms with Gasteiger partial charge in [0.15, 0.2) is 0 Å². The van der Waals surface area contributed by atoms with E-state index in [4.69, 9.17) is 0 Å². The van der Waals surface area contributed by atoms with Gasteiger partial charge in [-0.25, -0.2) is 4.79 Å². The molecule has 0 amide bonds. The van der Waals surface area contributed by atoms with Crippen molar-refractivity contribution in [1.82, 2.24) is 9.97 Å². The van der Waals surface area contributed by atoms with Crippen molar-refractivity contribution in [2.75, 3.05) is 0 Å². The first kappa shape index (κ1) is 11.0. The van der Waals surface area contributed by atoms with Crippen LogP contribution < -0.4 is 5.69 Å². The van der Waals surface area contributed by atoms with Crippen LogP contribution in [-0.2, 0) is 5.41 Å². The fourth-order valence-corrected chi connectivity index (χ4v) is 2.07. The van der Waals surface area contributed by atoms with Crippen molar-refractivity contribution in [3.8, 4) is 0 Å². The van der Waals surface area contributed by atoms with Crippen LogP contribution in [0.1, 0.15) is 39.2 Å². The Morgan fingerprint density at radius 2 is 1.75 bits per heavy atom. The Labute approximate surface area is 94.9 Å². The highest BCUT2D eigenvalue weighted by atomic mass is 16.1. The van der Waals surface area contributed by atoms with Gasteiger partial charge < -0.3 is 9.97 Å². The monoisotopic (exact) mass is 218 g/mol. The minimum absolute atomic E-state index is 0.137. The van der Waals surface area contributed by atoms with E-state index in [1.54, 1.807) is 0 Å². The molecule has 0 aliphatic carbocycles. The molecule has 86 valence electrons. The van der Waals surface area contributed by atoms with Gasteiger partial charge in [-0.1, -0.05) is 26.8 Å². The zero-order chi connectivity index (χ0) is 11.8. The molecule has 2 N–H and O–H groups in total. The highest BCUT2D eigenvalue weighted by molar-refractivity contribution is 5.75.